The molecule has 1 fully saturated rings. The zero-order valence-electron chi connectivity index (χ0n) is 20.9. The third-order valence-corrected chi connectivity index (χ3v) is 6.54. The fraction of sp³-hybridized carbons (Fsp3) is 0.462. The fourth-order valence-corrected chi connectivity index (χ4v) is 4.59. The van der Waals surface area contributed by atoms with E-state index in [1.165, 1.54) is 13.2 Å². The molecule has 0 spiro atoms. The number of amides is 1. The number of benzene rings is 2. The molecule has 0 aromatic heterocycles. The minimum atomic E-state index is -4.93. The van der Waals surface area contributed by atoms with E-state index in [2.05, 4.69) is 15.4 Å². The molecule has 1 amide bonds. The van der Waals surface area contributed by atoms with Gasteiger partial charge in [-0.05, 0) is 68.5 Å². The first-order chi connectivity index (χ1) is 18.0. The molecule has 1 unspecified atom stereocenters. The van der Waals surface area contributed by atoms with Crippen LogP contribution in [0.1, 0.15) is 50.0 Å². The van der Waals surface area contributed by atoms with E-state index in [0.29, 0.717) is 42.0 Å². The van der Waals surface area contributed by atoms with Crippen LogP contribution in [0.2, 0.25) is 5.02 Å². The molecule has 208 valence electrons. The molecule has 12 heteroatoms. The van der Waals surface area contributed by atoms with Gasteiger partial charge in [-0.25, -0.2) is 0 Å². The number of aliphatic hydroxyl groups excluding tert-OH is 1. The van der Waals surface area contributed by atoms with E-state index in [-0.39, 0.29) is 42.2 Å². The SMILES string of the molecule is CCOC(=O)C1CCC(C(=O)Nc2ccc(OC(F)(F)F)cc2C(O)NCc2ccc(OC)c(Cl)c2)CC1. The number of ether oxygens (including phenoxy) is 3. The van der Waals surface area contributed by atoms with Gasteiger partial charge in [-0.1, -0.05) is 17.7 Å². The standard InChI is InChI=1S/C26H30ClF3N2O6/c1-3-37-25(35)17-7-5-16(6-8-17)23(33)32-21-10-9-18(38-26(28,29)30)13-19(21)24(34)31-14-15-4-11-22(36-2)20(27)12-15/h4,9-13,16-17,24,31,34H,3,5-8,14H2,1-2H3,(H,32,33). The lowest BCUT2D eigenvalue weighted by Crippen LogP contribution is -2.31. The molecule has 3 rings (SSSR count). The molecule has 8 nitrogen and oxygen atoms in total. The van der Waals surface area contributed by atoms with Gasteiger partial charge in [0.05, 0.1) is 24.7 Å². The van der Waals surface area contributed by atoms with Crippen molar-refractivity contribution in [3.63, 3.8) is 0 Å². The van der Waals surface area contributed by atoms with Gasteiger partial charge >= 0.3 is 12.3 Å². The van der Waals surface area contributed by atoms with Gasteiger partial charge in [-0.15, -0.1) is 13.2 Å². The summed E-state index contributed by atoms with van der Waals surface area (Å²) >= 11 is 6.13. The Labute approximate surface area is 223 Å². The second-order valence-electron chi connectivity index (χ2n) is 8.84. The van der Waals surface area contributed by atoms with Crippen molar-refractivity contribution in [1.29, 1.82) is 0 Å². The second-order valence-corrected chi connectivity index (χ2v) is 9.25. The molecule has 3 N–H and O–H groups in total. The highest BCUT2D eigenvalue weighted by Crippen LogP contribution is 2.34. The van der Waals surface area contributed by atoms with Crippen LogP contribution in [0.15, 0.2) is 36.4 Å². The molecular weight excluding hydrogens is 529 g/mol. The van der Waals surface area contributed by atoms with Gasteiger partial charge in [0.1, 0.15) is 17.7 Å². The van der Waals surface area contributed by atoms with E-state index in [4.69, 9.17) is 21.1 Å². The maximum absolute atomic E-state index is 13.0. The molecule has 2 aromatic rings. The summed E-state index contributed by atoms with van der Waals surface area (Å²) < 4.78 is 52.6. The summed E-state index contributed by atoms with van der Waals surface area (Å²) in [5.74, 6) is -1.37. The quantitative estimate of drug-likeness (QED) is 0.267. The number of methoxy groups -OCH3 is 1. The Balaban J connectivity index is 1.73. The van der Waals surface area contributed by atoms with Crippen LogP contribution in [-0.2, 0) is 20.9 Å². The van der Waals surface area contributed by atoms with E-state index in [1.807, 2.05) is 0 Å². The first-order valence-electron chi connectivity index (χ1n) is 12.1. The lowest BCUT2D eigenvalue weighted by molar-refractivity contribution is -0.274. The largest absolute Gasteiger partial charge is 0.573 e. The minimum absolute atomic E-state index is 0.0140. The van der Waals surface area contributed by atoms with Crippen LogP contribution in [0, 0.1) is 11.8 Å². The van der Waals surface area contributed by atoms with E-state index in [0.717, 1.165) is 12.1 Å². The zero-order valence-corrected chi connectivity index (χ0v) is 21.7. The third-order valence-electron chi connectivity index (χ3n) is 6.24. The first-order valence-corrected chi connectivity index (χ1v) is 12.5. The average Bonchev–Trinajstić information content (AvgIpc) is 2.87. The second kappa shape index (κ2) is 13.2. The summed E-state index contributed by atoms with van der Waals surface area (Å²) in [6.45, 7) is 2.13. The number of hydrogen-bond acceptors (Lipinski definition) is 7. The number of hydrogen-bond donors (Lipinski definition) is 3. The number of anilines is 1. The summed E-state index contributed by atoms with van der Waals surface area (Å²) in [6, 6.07) is 8.29. The third kappa shape index (κ3) is 8.24. The van der Waals surface area contributed by atoms with E-state index < -0.39 is 24.3 Å². The predicted molar refractivity (Wildman–Crippen MR) is 134 cm³/mol. The maximum Gasteiger partial charge on any atom is 0.573 e. The number of aliphatic hydroxyl groups is 1. The van der Waals surface area contributed by atoms with E-state index in [1.54, 1.807) is 25.1 Å². The highest BCUT2D eigenvalue weighted by atomic mass is 35.5. The molecule has 0 bridgehead atoms. The van der Waals surface area contributed by atoms with Gasteiger partial charge in [0.15, 0.2) is 0 Å². The summed E-state index contributed by atoms with van der Waals surface area (Å²) in [5, 5.41) is 16.7. The Morgan fingerprint density at radius 3 is 2.39 bits per heavy atom. The number of halogens is 4. The number of carbonyl (C=O) groups excluding carboxylic acids is 2. The van der Waals surface area contributed by atoms with E-state index in [9.17, 15) is 27.9 Å². The number of esters is 1. The predicted octanol–water partition coefficient (Wildman–Crippen LogP) is 5.34. The summed E-state index contributed by atoms with van der Waals surface area (Å²) in [6.07, 6.45) is -4.48. The van der Waals surface area contributed by atoms with Crippen molar-refractivity contribution in [2.24, 2.45) is 11.8 Å². The van der Waals surface area contributed by atoms with Gasteiger partial charge in [0, 0.05) is 23.7 Å². The Morgan fingerprint density at radius 2 is 1.79 bits per heavy atom. The Kier molecular flexibility index (Phi) is 10.2. The van der Waals surface area contributed by atoms with Crippen molar-refractivity contribution in [3.05, 3.63) is 52.5 Å². The Bertz CT molecular complexity index is 1120. The van der Waals surface area contributed by atoms with Crippen molar-refractivity contribution >= 4 is 29.2 Å². The Hall–Kier alpha value is -3.02. The van der Waals surface area contributed by atoms with Crippen LogP contribution in [0.5, 0.6) is 11.5 Å². The minimum Gasteiger partial charge on any atom is -0.495 e. The summed E-state index contributed by atoms with van der Waals surface area (Å²) in [4.78, 5) is 24.9. The molecule has 0 heterocycles. The van der Waals surface area contributed by atoms with Crippen LogP contribution in [-0.4, -0.2) is 37.1 Å². The number of carbonyl (C=O) groups is 2. The van der Waals surface area contributed by atoms with Gasteiger partial charge in [0.2, 0.25) is 5.91 Å². The van der Waals surface area contributed by atoms with Crippen molar-refractivity contribution in [3.8, 4) is 11.5 Å². The highest BCUT2D eigenvalue weighted by Gasteiger charge is 2.33. The maximum atomic E-state index is 13.0. The average molecular weight is 559 g/mol. The van der Waals surface area contributed by atoms with Crippen molar-refractivity contribution in [2.45, 2.75) is 51.7 Å². The number of nitrogens with one attached hydrogen (secondary N) is 2. The van der Waals surface area contributed by atoms with Crippen LogP contribution >= 0.6 is 11.6 Å². The molecule has 1 saturated carbocycles. The zero-order chi connectivity index (χ0) is 27.9. The number of rotatable bonds is 10. The molecule has 38 heavy (non-hydrogen) atoms. The molecular formula is C26H30ClF3N2O6. The summed E-state index contributed by atoms with van der Waals surface area (Å²) in [5.41, 5.74) is 0.797. The van der Waals surface area contributed by atoms with Crippen LogP contribution in [0.4, 0.5) is 18.9 Å². The van der Waals surface area contributed by atoms with Crippen molar-refractivity contribution in [2.75, 3.05) is 19.0 Å². The molecule has 0 aliphatic heterocycles. The first kappa shape index (κ1) is 29.5. The topological polar surface area (TPSA) is 106 Å². The van der Waals surface area contributed by atoms with Gasteiger partial charge in [0.25, 0.3) is 0 Å². The normalized spacial score (nSPS) is 18.4. The van der Waals surface area contributed by atoms with Crippen LogP contribution < -0.4 is 20.1 Å². The Morgan fingerprint density at radius 1 is 1.11 bits per heavy atom. The smallest absolute Gasteiger partial charge is 0.495 e. The van der Waals surface area contributed by atoms with Crippen LogP contribution in [0.3, 0.4) is 0 Å². The fourth-order valence-electron chi connectivity index (χ4n) is 4.31. The lowest BCUT2D eigenvalue weighted by Gasteiger charge is -2.27. The molecule has 0 radical (unpaired) electrons. The highest BCUT2D eigenvalue weighted by molar-refractivity contribution is 6.32. The monoisotopic (exact) mass is 558 g/mol. The van der Waals surface area contributed by atoms with Gasteiger partial charge in [-0.3, -0.25) is 14.9 Å². The van der Waals surface area contributed by atoms with Crippen LogP contribution in [0.25, 0.3) is 0 Å². The molecule has 2 aromatic carbocycles. The van der Waals surface area contributed by atoms with Crippen molar-refractivity contribution in [1.82, 2.24) is 5.32 Å². The number of alkyl halides is 3. The molecule has 1 atom stereocenters. The van der Waals surface area contributed by atoms with Gasteiger partial charge < -0.3 is 24.6 Å². The lowest BCUT2D eigenvalue weighted by atomic mass is 9.81. The molecule has 1 aliphatic carbocycles. The molecule has 1 aliphatic rings. The van der Waals surface area contributed by atoms with E-state index >= 15 is 0 Å². The van der Waals surface area contributed by atoms with Gasteiger partial charge in [-0.2, -0.15) is 0 Å². The van der Waals surface area contributed by atoms with Crippen molar-refractivity contribution < 1.29 is 42.1 Å². The molecule has 0 saturated heterocycles. The summed E-state index contributed by atoms with van der Waals surface area (Å²) in [7, 11) is 1.47.